The molecule has 7 heteroatoms. The second kappa shape index (κ2) is 6.32. The normalized spacial score (nSPS) is 25.7. The Morgan fingerprint density at radius 1 is 1.24 bits per heavy atom. The molecule has 3 rings (SSSR count). The lowest BCUT2D eigenvalue weighted by molar-refractivity contribution is 0.334. The van der Waals surface area contributed by atoms with Crippen LogP contribution < -0.4 is 5.32 Å². The molecule has 2 aliphatic heterocycles. The van der Waals surface area contributed by atoms with Crippen molar-refractivity contribution in [2.75, 3.05) is 13.1 Å². The van der Waals surface area contributed by atoms with E-state index in [1.807, 2.05) is 6.07 Å². The van der Waals surface area contributed by atoms with Crippen LogP contribution in [0.1, 0.15) is 24.8 Å². The number of nitriles is 1. The van der Waals surface area contributed by atoms with Crippen LogP contribution in [0.3, 0.4) is 0 Å². The van der Waals surface area contributed by atoms with Gasteiger partial charge in [0, 0.05) is 18.6 Å². The maximum atomic E-state index is 12.9. The molecule has 2 unspecified atom stereocenters. The highest BCUT2D eigenvalue weighted by molar-refractivity contribution is 7.89. The van der Waals surface area contributed by atoms with E-state index in [-0.39, 0.29) is 29.4 Å². The first-order valence-corrected chi connectivity index (χ1v) is 8.31. The van der Waals surface area contributed by atoms with Gasteiger partial charge in [0.15, 0.2) is 0 Å². The standard InChI is InChI=1S/C14H17N3O2S.ClH/c15-9-11-2-1-3-14(8-11)20(18,19)17-12-4-5-13(17)10-16-7-6-12;/h1-3,8,12-13,16H,4-7,10H2;1H. The van der Waals surface area contributed by atoms with Crippen LogP contribution in [-0.4, -0.2) is 37.9 Å². The summed E-state index contributed by atoms with van der Waals surface area (Å²) in [5, 5.41) is 12.2. The molecule has 114 valence electrons. The van der Waals surface area contributed by atoms with E-state index in [2.05, 4.69) is 5.32 Å². The molecule has 2 atom stereocenters. The van der Waals surface area contributed by atoms with Gasteiger partial charge < -0.3 is 5.32 Å². The van der Waals surface area contributed by atoms with E-state index in [0.29, 0.717) is 12.1 Å². The zero-order valence-electron chi connectivity index (χ0n) is 11.5. The summed E-state index contributed by atoms with van der Waals surface area (Å²) in [6, 6.07) is 8.42. The number of fused-ring (bicyclic) bond motifs is 2. The predicted molar refractivity (Wildman–Crippen MR) is 81.7 cm³/mol. The van der Waals surface area contributed by atoms with Crippen molar-refractivity contribution >= 4 is 22.4 Å². The molecule has 1 aromatic rings. The van der Waals surface area contributed by atoms with Gasteiger partial charge in [0.2, 0.25) is 10.0 Å². The van der Waals surface area contributed by atoms with Crippen LogP contribution in [-0.2, 0) is 10.0 Å². The fourth-order valence-corrected chi connectivity index (χ4v) is 5.12. The van der Waals surface area contributed by atoms with E-state index < -0.39 is 10.0 Å². The molecular formula is C14H18ClN3O2S. The summed E-state index contributed by atoms with van der Waals surface area (Å²) in [6.07, 6.45) is 2.70. The molecule has 0 aromatic heterocycles. The number of hydrogen-bond acceptors (Lipinski definition) is 4. The van der Waals surface area contributed by atoms with E-state index in [4.69, 9.17) is 5.26 Å². The van der Waals surface area contributed by atoms with Gasteiger partial charge in [-0.1, -0.05) is 6.07 Å². The fourth-order valence-electron chi connectivity index (χ4n) is 3.18. The molecule has 0 amide bonds. The van der Waals surface area contributed by atoms with Crippen molar-refractivity contribution in [1.82, 2.24) is 9.62 Å². The summed E-state index contributed by atoms with van der Waals surface area (Å²) < 4.78 is 27.4. The molecule has 0 aliphatic carbocycles. The largest absolute Gasteiger partial charge is 0.315 e. The van der Waals surface area contributed by atoms with Crippen molar-refractivity contribution in [3.8, 4) is 6.07 Å². The zero-order valence-corrected chi connectivity index (χ0v) is 13.2. The first kappa shape index (κ1) is 16.2. The highest BCUT2D eigenvalue weighted by Crippen LogP contribution is 2.33. The number of nitrogens with one attached hydrogen (secondary N) is 1. The lowest BCUT2D eigenvalue weighted by Crippen LogP contribution is -2.42. The molecule has 2 saturated heterocycles. The maximum absolute atomic E-state index is 12.9. The lowest BCUT2D eigenvalue weighted by Gasteiger charge is -2.26. The van der Waals surface area contributed by atoms with Gasteiger partial charge in [0.1, 0.15) is 0 Å². The van der Waals surface area contributed by atoms with E-state index in [9.17, 15) is 8.42 Å². The van der Waals surface area contributed by atoms with Gasteiger partial charge in [0.25, 0.3) is 0 Å². The van der Waals surface area contributed by atoms with Crippen LogP contribution in [0.25, 0.3) is 0 Å². The Hall–Kier alpha value is -1.13. The minimum Gasteiger partial charge on any atom is -0.315 e. The Balaban J connectivity index is 0.00000161. The maximum Gasteiger partial charge on any atom is 0.243 e. The fraction of sp³-hybridized carbons (Fsp3) is 0.500. The number of halogens is 1. The van der Waals surface area contributed by atoms with Crippen molar-refractivity contribution in [2.45, 2.75) is 36.2 Å². The van der Waals surface area contributed by atoms with Gasteiger partial charge in [-0.25, -0.2) is 8.42 Å². The monoisotopic (exact) mass is 327 g/mol. The minimum atomic E-state index is -3.51. The zero-order chi connectivity index (χ0) is 14.2. The minimum absolute atomic E-state index is 0. The van der Waals surface area contributed by atoms with Gasteiger partial charge >= 0.3 is 0 Å². The van der Waals surface area contributed by atoms with Gasteiger partial charge in [-0.15, -0.1) is 12.4 Å². The Bertz CT molecular complexity index is 642. The van der Waals surface area contributed by atoms with Crippen LogP contribution in [0.15, 0.2) is 29.2 Å². The van der Waals surface area contributed by atoms with Crippen molar-refractivity contribution in [1.29, 1.82) is 5.26 Å². The van der Waals surface area contributed by atoms with E-state index in [1.165, 1.54) is 6.07 Å². The Labute approximate surface area is 131 Å². The summed E-state index contributed by atoms with van der Waals surface area (Å²) in [7, 11) is -3.51. The van der Waals surface area contributed by atoms with Crippen molar-refractivity contribution in [2.24, 2.45) is 0 Å². The number of benzene rings is 1. The molecule has 2 heterocycles. The average Bonchev–Trinajstić information content (AvgIpc) is 2.73. The van der Waals surface area contributed by atoms with E-state index in [1.54, 1.807) is 22.5 Å². The summed E-state index contributed by atoms with van der Waals surface area (Å²) >= 11 is 0. The van der Waals surface area contributed by atoms with Crippen molar-refractivity contribution < 1.29 is 8.42 Å². The quantitative estimate of drug-likeness (QED) is 0.893. The third-order valence-electron chi connectivity index (χ3n) is 4.13. The number of sulfonamides is 1. The highest BCUT2D eigenvalue weighted by Gasteiger charge is 2.42. The average molecular weight is 328 g/mol. The van der Waals surface area contributed by atoms with Crippen LogP contribution in [0, 0.1) is 11.3 Å². The van der Waals surface area contributed by atoms with E-state index in [0.717, 1.165) is 25.8 Å². The Morgan fingerprint density at radius 3 is 2.76 bits per heavy atom. The Kier molecular flexibility index (Phi) is 4.89. The second-order valence-electron chi connectivity index (χ2n) is 5.35. The Morgan fingerprint density at radius 2 is 2.00 bits per heavy atom. The van der Waals surface area contributed by atoms with Gasteiger partial charge in [-0.2, -0.15) is 9.57 Å². The highest BCUT2D eigenvalue weighted by atomic mass is 35.5. The molecular weight excluding hydrogens is 310 g/mol. The molecule has 1 aromatic carbocycles. The number of hydrogen-bond donors (Lipinski definition) is 1. The number of nitrogens with zero attached hydrogens (tertiary/aromatic N) is 2. The topological polar surface area (TPSA) is 73.2 Å². The third kappa shape index (κ3) is 2.92. The molecule has 2 fully saturated rings. The van der Waals surface area contributed by atoms with Gasteiger partial charge in [-0.3, -0.25) is 0 Å². The van der Waals surface area contributed by atoms with Crippen LogP contribution in [0.4, 0.5) is 0 Å². The molecule has 21 heavy (non-hydrogen) atoms. The molecule has 0 spiro atoms. The first-order chi connectivity index (χ1) is 9.63. The molecule has 1 N–H and O–H groups in total. The van der Waals surface area contributed by atoms with Gasteiger partial charge in [0.05, 0.1) is 16.5 Å². The van der Waals surface area contributed by atoms with E-state index >= 15 is 0 Å². The molecule has 0 radical (unpaired) electrons. The molecule has 2 bridgehead atoms. The SMILES string of the molecule is Cl.N#Cc1cccc(S(=O)(=O)N2C3CCNCC2CC3)c1. The van der Waals surface area contributed by atoms with Crippen molar-refractivity contribution in [3.63, 3.8) is 0 Å². The smallest absolute Gasteiger partial charge is 0.243 e. The van der Waals surface area contributed by atoms with Crippen LogP contribution in [0.5, 0.6) is 0 Å². The van der Waals surface area contributed by atoms with Crippen molar-refractivity contribution in [3.05, 3.63) is 29.8 Å². The second-order valence-corrected chi connectivity index (χ2v) is 7.20. The van der Waals surface area contributed by atoms with Gasteiger partial charge in [-0.05, 0) is 44.0 Å². The molecule has 5 nitrogen and oxygen atoms in total. The van der Waals surface area contributed by atoms with Crippen LogP contribution in [0.2, 0.25) is 0 Å². The summed E-state index contributed by atoms with van der Waals surface area (Å²) in [4.78, 5) is 0.232. The molecule has 2 aliphatic rings. The van der Waals surface area contributed by atoms with Crippen LogP contribution >= 0.6 is 12.4 Å². The first-order valence-electron chi connectivity index (χ1n) is 6.87. The lowest BCUT2D eigenvalue weighted by atomic mass is 10.1. The molecule has 0 saturated carbocycles. The summed E-state index contributed by atoms with van der Waals surface area (Å²) in [6.45, 7) is 1.58. The summed E-state index contributed by atoms with van der Waals surface area (Å²) in [5.74, 6) is 0. The predicted octanol–water partition coefficient (Wildman–Crippen LogP) is 1.50. The summed E-state index contributed by atoms with van der Waals surface area (Å²) in [5.41, 5.74) is 0.381. The number of rotatable bonds is 2. The third-order valence-corrected chi connectivity index (χ3v) is 6.13.